The predicted molar refractivity (Wildman–Crippen MR) is 87.0 cm³/mol. The lowest BCUT2D eigenvalue weighted by Crippen LogP contribution is -2.23. The summed E-state index contributed by atoms with van der Waals surface area (Å²) in [7, 11) is 0. The van der Waals surface area contributed by atoms with Crippen molar-refractivity contribution in [1.82, 2.24) is 15.3 Å². The maximum atomic E-state index is 4.70. The summed E-state index contributed by atoms with van der Waals surface area (Å²) in [5, 5.41) is 4.29. The maximum absolute atomic E-state index is 4.70. The molecule has 1 aliphatic carbocycles. The third-order valence-corrected chi connectivity index (χ3v) is 5.27. The molecule has 1 heterocycles. The minimum atomic E-state index is 0.492. The van der Waals surface area contributed by atoms with Gasteiger partial charge in [0.2, 0.25) is 0 Å². The van der Waals surface area contributed by atoms with Crippen molar-refractivity contribution in [3.05, 3.63) is 22.8 Å². The first-order valence-corrected chi connectivity index (χ1v) is 8.79. The van der Waals surface area contributed by atoms with Crippen molar-refractivity contribution < 1.29 is 0 Å². The summed E-state index contributed by atoms with van der Waals surface area (Å²) in [4.78, 5) is 9.40. The van der Waals surface area contributed by atoms with Gasteiger partial charge >= 0.3 is 0 Å². The molecule has 0 spiro atoms. The summed E-state index contributed by atoms with van der Waals surface area (Å²) in [6.07, 6.45) is 5.55. The van der Waals surface area contributed by atoms with E-state index in [9.17, 15) is 0 Å². The zero-order valence-electron chi connectivity index (χ0n) is 13.2. The number of aryl methyl sites for hydroxylation is 2. The molecule has 0 bridgehead atoms. The summed E-state index contributed by atoms with van der Waals surface area (Å²) >= 11 is 2.04. The summed E-state index contributed by atoms with van der Waals surface area (Å²) in [5.74, 6) is 1.97. The summed E-state index contributed by atoms with van der Waals surface area (Å²) in [6, 6.07) is 0.492. The molecule has 112 valence electrons. The number of thioether (sulfide) groups is 1. The molecule has 1 saturated carbocycles. The van der Waals surface area contributed by atoms with Crippen LogP contribution in [0.15, 0.2) is 0 Å². The SMILES string of the molecule is Cc1nc(CSC2CCCC2)nc(C)c1CNC(C)C. The molecule has 1 aliphatic rings. The van der Waals surface area contributed by atoms with E-state index >= 15 is 0 Å². The molecule has 3 nitrogen and oxygen atoms in total. The van der Waals surface area contributed by atoms with E-state index in [2.05, 4.69) is 33.0 Å². The Kier molecular flexibility index (Phi) is 5.85. The fourth-order valence-corrected chi connectivity index (χ4v) is 3.86. The first kappa shape index (κ1) is 15.8. The van der Waals surface area contributed by atoms with Crippen molar-refractivity contribution in [3.8, 4) is 0 Å². The number of hydrogen-bond donors (Lipinski definition) is 1. The Morgan fingerprint density at radius 3 is 2.30 bits per heavy atom. The van der Waals surface area contributed by atoms with E-state index < -0.39 is 0 Å². The molecular formula is C16H27N3S. The van der Waals surface area contributed by atoms with Gasteiger partial charge in [-0.3, -0.25) is 0 Å². The number of nitrogens with one attached hydrogen (secondary N) is 1. The molecule has 4 heteroatoms. The van der Waals surface area contributed by atoms with Crippen molar-refractivity contribution in [2.45, 2.75) is 77.0 Å². The fourth-order valence-electron chi connectivity index (χ4n) is 2.68. The van der Waals surface area contributed by atoms with Crippen molar-refractivity contribution in [1.29, 1.82) is 0 Å². The zero-order chi connectivity index (χ0) is 14.5. The van der Waals surface area contributed by atoms with Gasteiger partial charge < -0.3 is 5.32 Å². The van der Waals surface area contributed by atoms with Gasteiger partial charge in [0.1, 0.15) is 5.82 Å². The zero-order valence-corrected chi connectivity index (χ0v) is 14.0. The highest BCUT2D eigenvalue weighted by atomic mass is 32.2. The van der Waals surface area contributed by atoms with Crippen molar-refractivity contribution in [2.24, 2.45) is 0 Å². The highest BCUT2D eigenvalue weighted by Gasteiger charge is 2.16. The standard InChI is InChI=1S/C16H27N3S/c1-11(2)17-9-15-12(3)18-16(19-13(15)4)10-20-14-7-5-6-8-14/h11,14,17H,5-10H2,1-4H3. The summed E-state index contributed by atoms with van der Waals surface area (Å²) < 4.78 is 0. The number of hydrogen-bond acceptors (Lipinski definition) is 4. The average molecular weight is 293 g/mol. The molecule has 0 unspecified atom stereocenters. The maximum Gasteiger partial charge on any atom is 0.138 e. The second-order valence-corrected chi connectivity index (χ2v) is 7.33. The molecule has 0 radical (unpaired) electrons. The largest absolute Gasteiger partial charge is 0.310 e. The first-order valence-electron chi connectivity index (χ1n) is 7.74. The smallest absolute Gasteiger partial charge is 0.138 e. The molecule has 0 amide bonds. The van der Waals surface area contributed by atoms with E-state index in [0.717, 1.165) is 34.8 Å². The van der Waals surface area contributed by atoms with Gasteiger partial charge in [0.15, 0.2) is 0 Å². The molecule has 0 aliphatic heterocycles. The molecule has 0 atom stereocenters. The monoisotopic (exact) mass is 293 g/mol. The topological polar surface area (TPSA) is 37.8 Å². The molecule has 1 aromatic rings. The molecule has 1 fully saturated rings. The van der Waals surface area contributed by atoms with Gasteiger partial charge in [-0.15, -0.1) is 0 Å². The Bertz CT molecular complexity index is 416. The van der Waals surface area contributed by atoms with Crippen LogP contribution in [0.5, 0.6) is 0 Å². The third kappa shape index (κ3) is 4.45. The van der Waals surface area contributed by atoms with Crippen LogP contribution in [0.4, 0.5) is 0 Å². The van der Waals surface area contributed by atoms with Gasteiger partial charge in [-0.1, -0.05) is 26.7 Å². The Morgan fingerprint density at radius 2 is 1.75 bits per heavy atom. The van der Waals surface area contributed by atoms with Crippen LogP contribution >= 0.6 is 11.8 Å². The molecule has 1 N–H and O–H groups in total. The number of nitrogens with zero attached hydrogens (tertiary/aromatic N) is 2. The van der Waals surface area contributed by atoms with Gasteiger partial charge in [-0.05, 0) is 26.7 Å². The third-order valence-electron chi connectivity index (χ3n) is 3.90. The van der Waals surface area contributed by atoms with Gasteiger partial charge in [0.05, 0.1) is 5.75 Å². The highest BCUT2D eigenvalue weighted by Crippen LogP contribution is 2.31. The Balaban J connectivity index is 1.97. The Hall–Kier alpha value is -0.610. The second kappa shape index (κ2) is 7.41. The van der Waals surface area contributed by atoms with Crippen molar-refractivity contribution >= 4 is 11.8 Å². The van der Waals surface area contributed by atoms with Gasteiger partial charge in [-0.25, -0.2) is 9.97 Å². The van der Waals surface area contributed by atoms with E-state index in [1.807, 2.05) is 11.8 Å². The molecular weight excluding hydrogens is 266 g/mol. The van der Waals surface area contributed by atoms with E-state index in [1.165, 1.54) is 31.2 Å². The van der Waals surface area contributed by atoms with Crippen LogP contribution in [-0.4, -0.2) is 21.3 Å². The fraction of sp³-hybridized carbons (Fsp3) is 0.750. The van der Waals surface area contributed by atoms with Gasteiger partial charge in [-0.2, -0.15) is 11.8 Å². The lowest BCUT2D eigenvalue weighted by Gasteiger charge is -2.14. The van der Waals surface area contributed by atoms with Crippen LogP contribution in [0, 0.1) is 13.8 Å². The van der Waals surface area contributed by atoms with Crippen LogP contribution in [0.1, 0.15) is 62.3 Å². The minimum absolute atomic E-state index is 0.492. The van der Waals surface area contributed by atoms with Crippen LogP contribution in [0.2, 0.25) is 0 Å². The molecule has 0 aromatic carbocycles. The summed E-state index contributed by atoms with van der Waals surface area (Å²) in [5.41, 5.74) is 3.52. The molecule has 0 saturated heterocycles. The van der Waals surface area contributed by atoms with Gasteiger partial charge in [0.25, 0.3) is 0 Å². The lowest BCUT2D eigenvalue weighted by molar-refractivity contribution is 0.582. The predicted octanol–water partition coefficient (Wildman–Crippen LogP) is 3.77. The van der Waals surface area contributed by atoms with Gasteiger partial charge in [0, 0.05) is 34.8 Å². The van der Waals surface area contributed by atoms with Crippen LogP contribution < -0.4 is 5.32 Å². The van der Waals surface area contributed by atoms with E-state index in [1.54, 1.807) is 0 Å². The highest BCUT2D eigenvalue weighted by molar-refractivity contribution is 7.99. The Labute approximate surface area is 127 Å². The number of aromatic nitrogens is 2. The Morgan fingerprint density at radius 1 is 1.15 bits per heavy atom. The molecule has 20 heavy (non-hydrogen) atoms. The molecule has 2 rings (SSSR count). The second-order valence-electron chi connectivity index (χ2n) is 6.04. The van der Waals surface area contributed by atoms with E-state index in [4.69, 9.17) is 9.97 Å². The van der Waals surface area contributed by atoms with E-state index in [0.29, 0.717) is 6.04 Å². The van der Waals surface area contributed by atoms with Crippen LogP contribution in [0.3, 0.4) is 0 Å². The number of rotatable bonds is 6. The average Bonchev–Trinajstić information content (AvgIpc) is 2.88. The van der Waals surface area contributed by atoms with Crippen molar-refractivity contribution in [2.75, 3.05) is 0 Å². The molecule has 1 aromatic heterocycles. The first-order chi connectivity index (χ1) is 9.56. The minimum Gasteiger partial charge on any atom is -0.310 e. The normalized spacial score (nSPS) is 16.2. The van der Waals surface area contributed by atoms with Crippen LogP contribution in [0.25, 0.3) is 0 Å². The lowest BCUT2D eigenvalue weighted by atomic mass is 10.1. The van der Waals surface area contributed by atoms with Crippen LogP contribution in [-0.2, 0) is 12.3 Å². The quantitative estimate of drug-likeness (QED) is 0.866. The van der Waals surface area contributed by atoms with Crippen molar-refractivity contribution in [3.63, 3.8) is 0 Å². The summed E-state index contributed by atoms with van der Waals surface area (Å²) in [6.45, 7) is 9.41. The van der Waals surface area contributed by atoms with E-state index in [-0.39, 0.29) is 0 Å².